The van der Waals surface area contributed by atoms with Gasteiger partial charge >= 0.3 is 0 Å². The number of amides is 1. The van der Waals surface area contributed by atoms with Crippen LogP contribution < -0.4 is 10.0 Å². The predicted molar refractivity (Wildman–Crippen MR) is 81.5 cm³/mol. The van der Waals surface area contributed by atoms with Crippen LogP contribution in [0.4, 0.5) is 5.69 Å². The topological polar surface area (TPSA) is 75.3 Å². The molecular weight excluding hydrogens is 288 g/mol. The zero-order valence-electron chi connectivity index (χ0n) is 11.3. The number of sulfonamides is 1. The van der Waals surface area contributed by atoms with Crippen molar-refractivity contribution in [3.63, 3.8) is 0 Å². The quantitative estimate of drug-likeness (QED) is 0.766. The van der Waals surface area contributed by atoms with Crippen LogP contribution in [0.5, 0.6) is 0 Å². The maximum atomic E-state index is 12.1. The van der Waals surface area contributed by atoms with Gasteiger partial charge in [0.05, 0.1) is 4.90 Å². The van der Waals surface area contributed by atoms with Gasteiger partial charge in [-0.25, -0.2) is 13.1 Å². The molecule has 0 aromatic heterocycles. The summed E-state index contributed by atoms with van der Waals surface area (Å²) in [6.45, 7) is 0.334. The molecule has 0 aliphatic carbocycles. The predicted octanol–water partition coefficient (Wildman–Crippen LogP) is 1.78. The second-order valence-corrected chi connectivity index (χ2v) is 6.19. The smallest absolute Gasteiger partial charge is 0.240 e. The van der Waals surface area contributed by atoms with Crippen LogP contribution in [-0.2, 0) is 21.2 Å². The molecule has 0 saturated carbocycles. The Balaban J connectivity index is 1.96. The van der Waals surface area contributed by atoms with Crippen LogP contribution in [0.15, 0.2) is 59.5 Å². The number of carbonyl (C=O) groups is 1. The molecule has 0 fully saturated rings. The normalized spacial score (nSPS) is 11.0. The Labute approximate surface area is 124 Å². The third kappa shape index (κ3) is 4.40. The fourth-order valence-corrected chi connectivity index (χ4v) is 2.89. The van der Waals surface area contributed by atoms with Gasteiger partial charge in [0.1, 0.15) is 0 Å². The Morgan fingerprint density at radius 2 is 1.62 bits per heavy atom. The van der Waals surface area contributed by atoms with E-state index in [0.717, 1.165) is 5.56 Å². The highest BCUT2D eigenvalue weighted by Gasteiger charge is 2.12. The second kappa shape index (κ2) is 7.01. The van der Waals surface area contributed by atoms with Gasteiger partial charge in [0.2, 0.25) is 16.4 Å². The first-order chi connectivity index (χ1) is 10.1. The van der Waals surface area contributed by atoms with Crippen molar-refractivity contribution >= 4 is 22.1 Å². The maximum Gasteiger partial charge on any atom is 0.240 e. The minimum Gasteiger partial charge on any atom is -0.329 e. The highest BCUT2D eigenvalue weighted by molar-refractivity contribution is 7.89. The third-order valence-electron chi connectivity index (χ3n) is 2.94. The molecule has 2 N–H and O–H groups in total. The molecule has 6 heteroatoms. The lowest BCUT2D eigenvalue weighted by molar-refractivity contribution is -0.105. The summed E-state index contributed by atoms with van der Waals surface area (Å²) in [4.78, 5) is 10.5. The zero-order chi connectivity index (χ0) is 15.1. The van der Waals surface area contributed by atoms with E-state index in [1.165, 1.54) is 12.1 Å². The van der Waals surface area contributed by atoms with Crippen molar-refractivity contribution in [2.75, 3.05) is 11.9 Å². The van der Waals surface area contributed by atoms with E-state index < -0.39 is 10.0 Å². The van der Waals surface area contributed by atoms with Crippen molar-refractivity contribution in [1.29, 1.82) is 0 Å². The van der Waals surface area contributed by atoms with Crippen molar-refractivity contribution in [2.24, 2.45) is 0 Å². The van der Waals surface area contributed by atoms with Gasteiger partial charge in [-0.1, -0.05) is 30.3 Å². The largest absolute Gasteiger partial charge is 0.329 e. The standard InChI is InChI=1S/C15H16N2O3S/c18-12-16-14-6-8-15(9-7-14)21(19,20)17-11-10-13-4-2-1-3-5-13/h1-9,12,17H,10-11H2,(H,16,18). The van der Waals surface area contributed by atoms with Crippen molar-refractivity contribution in [1.82, 2.24) is 4.72 Å². The number of benzene rings is 2. The molecule has 2 aromatic rings. The molecule has 1 amide bonds. The fourth-order valence-electron chi connectivity index (χ4n) is 1.86. The van der Waals surface area contributed by atoms with Gasteiger partial charge in [0.25, 0.3) is 0 Å². The van der Waals surface area contributed by atoms with Crippen LogP contribution in [0.25, 0.3) is 0 Å². The number of hydrogen-bond donors (Lipinski definition) is 2. The zero-order valence-corrected chi connectivity index (χ0v) is 12.1. The Kier molecular flexibility index (Phi) is 5.08. The Morgan fingerprint density at radius 3 is 2.24 bits per heavy atom. The Hall–Kier alpha value is -2.18. The molecule has 0 aliphatic heterocycles. The first kappa shape index (κ1) is 15.2. The molecule has 2 rings (SSSR count). The first-order valence-electron chi connectivity index (χ1n) is 6.46. The van der Waals surface area contributed by atoms with E-state index in [9.17, 15) is 13.2 Å². The maximum absolute atomic E-state index is 12.1. The van der Waals surface area contributed by atoms with E-state index in [0.29, 0.717) is 25.1 Å². The van der Waals surface area contributed by atoms with Crippen molar-refractivity contribution in [3.8, 4) is 0 Å². The van der Waals surface area contributed by atoms with Crippen LogP contribution in [0.2, 0.25) is 0 Å². The average Bonchev–Trinajstić information content (AvgIpc) is 2.49. The minimum atomic E-state index is -3.53. The van der Waals surface area contributed by atoms with Crippen LogP contribution in [0.3, 0.4) is 0 Å². The fraction of sp³-hybridized carbons (Fsp3) is 0.133. The van der Waals surface area contributed by atoms with Gasteiger partial charge in [0.15, 0.2) is 0 Å². The van der Waals surface area contributed by atoms with Crippen molar-refractivity contribution in [3.05, 3.63) is 60.2 Å². The van der Waals surface area contributed by atoms with Crippen LogP contribution in [0.1, 0.15) is 5.56 Å². The van der Waals surface area contributed by atoms with Gasteiger partial charge in [-0.3, -0.25) is 4.79 Å². The monoisotopic (exact) mass is 304 g/mol. The van der Waals surface area contributed by atoms with E-state index in [1.807, 2.05) is 30.3 Å². The van der Waals surface area contributed by atoms with Gasteiger partial charge in [-0.05, 0) is 36.2 Å². The summed E-state index contributed by atoms with van der Waals surface area (Å²) in [5.41, 5.74) is 1.62. The summed E-state index contributed by atoms with van der Waals surface area (Å²) >= 11 is 0. The van der Waals surface area contributed by atoms with Gasteiger partial charge < -0.3 is 5.32 Å². The lowest BCUT2D eigenvalue weighted by Crippen LogP contribution is -2.25. The summed E-state index contributed by atoms with van der Waals surface area (Å²) in [6, 6.07) is 15.7. The molecule has 0 spiro atoms. The highest BCUT2D eigenvalue weighted by atomic mass is 32.2. The summed E-state index contributed by atoms with van der Waals surface area (Å²) in [7, 11) is -3.53. The molecule has 0 aliphatic rings. The molecule has 0 atom stereocenters. The summed E-state index contributed by atoms with van der Waals surface area (Å²) in [5.74, 6) is 0. The molecule has 110 valence electrons. The molecular formula is C15H16N2O3S. The third-order valence-corrected chi connectivity index (χ3v) is 4.42. The highest BCUT2D eigenvalue weighted by Crippen LogP contribution is 2.13. The summed E-state index contributed by atoms with van der Waals surface area (Å²) < 4.78 is 26.7. The van der Waals surface area contributed by atoms with Crippen LogP contribution >= 0.6 is 0 Å². The molecule has 0 saturated heterocycles. The van der Waals surface area contributed by atoms with Gasteiger partial charge in [-0.15, -0.1) is 0 Å². The molecule has 0 bridgehead atoms. The van der Waals surface area contributed by atoms with Crippen molar-refractivity contribution in [2.45, 2.75) is 11.3 Å². The molecule has 5 nitrogen and oxygen atoms in total. The molecule has 0 heterocycles. The molecule has 0 unspecified atom stereocenters. The van der Waals surface area contributed by atoms with E-state index >= 15 is 0 Å². The second-order valence-electron chi connectivity index (χ2n) is 4.42. The van der Waals surface area contributed by atoms with E-state index in [-0.39, 0.29) is 4.90 Å². The molecule has 0 radical (unpaired) electrons. The SMILES string of the molecule is O=CNc1ccc(S(=O)(=O)NCCc2ccccc2)cc1. The van der Waals surface area contributed by atoms with E-state index in [2.05, 4.69) is 10.0 Å². The summed E-state index contributed by atoms with van der Waals surface area (Å²) in [5, 5.41) is 2.46. The number of nitrogens with one attached hydrogen (secondary N) is 2. The van der Waals surface area contributed by atoms with Crippen LogP contribution in [0, 0.1) is 0 Å². The Bertz CT molecular complexity index is 683. The lowest BCUT2D eigenvalue weighted by Gasteiger charge is -2.07. The van der Waals surface area contributed by atoms with Gasteiger partial charge in [0, 0.05) is 12.2 Å². The first-order valence-corrected chi connectivity index (χ1v) is 7.94. The van der Waals surface area contributed by atoms with Crippen LogP contribution in [-0.4, -0.2) is 21.4 Å². The Morgan fingerprint density at radius 1 is 0.952 bits per heavy atom. The number of anilines is 1. The lowest BCUT2D eigenvalue weighted by atomic mass is 10.2. The van der Waals surface area contributed by atoms with E-state index in [1.54, 1.807) is 12.1 Å². The number of carbonyl (C=O) groups excluding carboxylic acids is 1. The number of rotatable bonds is 7. The molecule has 2 aromatic carbocycles. The summed E-state index contributed by atoms with van der Waals surface area (Å²) in [6.07, 6.45) is 1.17. The number of hydrogen-bond acceptors (Lipinski definition) is 3. The minimum absolute atomic E-state index is 0.173. The molecule has 21 heavy (non-hydrogen) atoms. The van der Waals surface area contributed by atoms with Gasteiger partial charge in [-0.2, -0.15) is 0 Å². The van der Waals surface area contributed by atoms with Crippen molar-refractivity contribution < 1.29 is 13.2 Å². The average molecular weight is 304 g/mol. The van der Waals surface area contributed by atoms with E-state index in [4.69, 9.17) is 0 Å².